The summed E-state index contributed by atoms with van der Waals surface area (Å²) in [7, 11) is 0. The largest absolute Gasteiger partial charge is 0.479 e. The Morgan fingerprint density at radius 3 is 2.82 bits per heavy atom. The average molecular weight is 243 g/mol. The number of hydrogen-bond acceptors (Lipinski definition) is 4. The monoisotopic (exact) mass is 243 g/mol. The Balaban J connectivity index is 1.80. The van der Waals surface area contributed by atoms with Crippen LogP contribution in [0.1, 0.15) is 26.7 Å². The van der Waals surface area contributed by atoms with E-state index in [1.807, 2.05) is 0 Å². The molecule has 0 saturated carbocycles. The van der Waals surface area contributed by atoms with Crippen LogP contribution in [-0.4, -0.2) is 60.0 Å². The summed E-state index contributed by atoms with van der Waals surface area (Å²) < 4.78 is 11.2. The molecule has 0 amide bonds. The molecule has 0 radical (unpaired) electrons. The summed E-state index contributed by atoms with van der Waals surface area (Å²) in [6.07, 6.45) is 0.932. The van der Waals surface area contributed by atoms with Crippen molar-refractivity contribution >= 4 is 5.97 Å². The fourth-order valence-electron chi connectivity index (χ4n) is 2.58. The minimum Gasteiger partial charge on any atom is -0.479 e. The number of carboxylic acid groups (broad SMARTS) is 1. The van der Waals surface area contributed by atoms with Crippen LogP contribution >= 0.6 is 0 Å². The second-order valence-corrected chi connectivity index (χ2v) is 5.51. The highest BCUT2D eigenvalue weighted by molar-refractivity contribution is 5.72. The molecule has 0 aromatic carbocycles. The van der Waals surface area contributed by atoms with Crippen molar-refractivity contribution in [3.05, 3.63) is 0 Å². The van der Waals surface area contributed by atoms with E-state index in [9.17, 15) is 4.79 Å². The zero-order valence-corrected chi connectivity index (χ0v) is 10.5. The van der Waals surface area contributed by atoms with Gasteiger partial charge in [-0.1, -0.05) is 0 Å². The molecule has 0 aromatic rings. The Labute approximate surface area is 102 Å². The van der Waals surface area contributed by atoms with Crippen LogP contribution in [0, 0.1) is 0 Å². The third-order valence-electron chi connectivity index (χ3n) is 3.35. The molecule has 2 rings (SSSR count). The zero-order valence-electron chi connectivity index (χ0n) is 10.5. The van der Waals surface area contributed by atoms with Crippen molar-refractivity contribution in [3.8, 4) is 0 Å². The van der Waals surface area contributed by atoms with Gasteiger partial charge in [-0.25, -0.2) is 4.79 Å². The zero-order chi connectivity index (χ0) is 12.5. The summed E-state index contributed by atoms with van der Waals surface area (Å²) in [6, 6.07) is 0. The van der Waals surface area contributed by atoms with Crippen molar-refractivity contribution in [1.82, 2.24) is 4.90 Å². The van der Waals surface area contributed by atoms with Gasteiger partial charge in [0.2, 0.25) is 0 Å². The van der Waals surface area contributed by atoms with Crippen LogP contribution < -0.4 is 0 Å². The molecule has 1 N–H and O–H groups in total. The second-order valence-electron chi connectivity index (χ2n) is 5.51. The third-order valence-corrected chi connectivity index (χ3v) is 3.35. The molecule has 2 aliphatic heterocycles. The average Bonchev–Trinajstić information content (AvgIpc) is 2.64. The maximum Gasteiger partial charge on any atom is 0.332 e. The van der Waals surface area contributed by atoms with Gasteiger partial charge in [0.25, 0.3) is 0 Å². The number of rotatable bonds is 3. The van der Waals surface area contributed by atoms with Crippen molar-refractivity contribution < 1.29 is 19.4 Å². The number of carboxylic acids is 1. The van der Waals surface area contributed by atoms with E-state index in [2.05, 4.69) is 18.7 Å². The molecule has 17 heavy (non-hydrogen) atoms. The molecule has 0 aliphatic carbocycles. The number of hydrogen-bond donors (Lipinski definition) is 1. The van der Waals surface area contributed by atoms with Crippen molar-refractivity contribution in [1.29, 1.82) is 0 Å². The van der Waals surface area contributed by atoms with Crippen molar-refractivity contribution in [3.63, 3.8) is 0 Å². The van der Waals surface area contributed by atoms with Gasteiger partial charge in [-0.2, -0.15) is 0 Å². The first-order valence-electron chi connectivity index (χ1n) is 6.21. The predicted molar refractivity (Wildman–Crippen MR) is 62.0 cm³/mol. The summed E-state index contributed by atoms with van der Waals surface area (Å²) >= 11 is 0. The second kappa shape index (κ2) is 4.92. The van der Waals surface area contributed by atoms with Crippen molar-refractivity contribution in [2.24, 2.45) is 0 Å². The number of nitrogens with zero attached hydrogens (tertiary/aromatic N) is 1. The van der Waals surface area contributed by atoms with E-state index in [1.54, 1.807) is 0 Å². The lowest BCUT2D eigenvalue weighted by molar-refractivity contribution is -0.150. The van der Waals surface area contributed by atoms with Crippen LogP contribution in [0.4, 0.5) is 0 Å². The van der Waals surface area contributed by atoms with Gasteiger partial charge in [-0.05, 0) is 26.7 Å². The summed E-state index contributed by atoms with van der Waals surface area (Å²) in [5, 5.41) is 8.86. The van der Waals surface area contributed by atoms with E-state index in [0.29, 0.717) is 6.42 Å². The Morgan fingerprint density at radius 1 is 1.47 bits per heavy atom. The number of aliphatic carboxylic acids is 1. The Bertz CT molecular complexity index is 292. The minimum atomic E-state index is -0.838. The summed E-state index contributed by atoms with van der Waals surface area (Å²) in [5.74, 6) is -0.838. The Kier molecular flexibility index (Phi) is 3.70. The molecule has 2 atom stereocenters. The van der Waals surface area contributed by atoms with Crippen LogP contribution in [0.3, 0.4) is 0 Å². The van der Waals surface area contributed by atoms with Crippen LogP contribution in [0.15, 0.2) is 0 Å². The van der Waals surface area contributed by atoms with Crippen LogP contribution in [0.25, 0.3) is 0 Å². The first-order chi connectivity index (χ1) is 7.96. The molecule has 0 spiro atoms. The van der Waals surface area contributed by atoms with Crippen LogP contribution in [-0.2, 0) is 14.3 Å². The molecule has 0 bridgehead atoms. The minimum absolute atomic E-state index is 0.0602. The third kappa shape index (κ3) is 3.40. The van der Waals surface area contributed by atoms with Crippen LogP contribution in [0.5, 0.6) is 0 Å². The van der Waals surface area contributed by atoms with E-state index in [1.165, 1.54) is 0 Å². The quantitative estimate of drug-likeness (QED) is 0.792. The molecule has 5 nitrogen and oxygen atoms in total. The number of morpholine rings is 1. The lowest BCUT2D eigenvalue weighted by Crippen LogP contribution is -2.50. The number of carbonyl (C=O) groups is 1. The van der Waals surface area contributed by atoms with Gasteiger partial charge in [0.15, 0.2) is 6.10 Å². The molecular formula is C12H21NO4. The summed E-state index contributed by atoms with van der Waals surface area (Å²) in [5.41, 5.74) is -0.108. The topological polar surface area (TPSA) is 59.0 Å². The number of ether oxygens (including phenoxy) is 2. The smallest absolute Gasteiger partial charge is 0.332 e. The molecule has 2 fully saturated rings. The molecule has 5 heteroatoms. The van der Waals surface area contributed by atoms with Gasteiger partial charge in [0, 0.05) is 19.6 Å². The van der Waals surface area contributed by atoms with Crippen molar-refractivity contribution in [2.75, 3.05) is 26.2 Å². The fraction of sp³-hybridized carbons (Fsp3) is 0.917. The first kappa shape index (κ1) is 12.8. The standard InChI is InChI=1S/C12H21NO4/c1-12(2)8-13(5-6-16-12)7-9-3-4-10(17-9)11(14)15/h9-10H,3-8H2,1-2H3,(H,14,15). The van der Waals surface area contributed by atoms with Gasteiger partial charge in [-0.3, -0.25) is 4.90 Å². The normalized spacial score (nSPS) is 33.8. The van der Waals surface area contributed by atoms with E-state index in [4.69, 9.17) is 14.6 Å². The lowest BCUT2D eigenvalue weighted by Gasteiger charge is -2.39. The fourth-order valence-corrected chi connectivity index (χ4v) is 2.58. The Morgan fingerprint density at radius 2 is 2.24 bits per heavy atom. The van der Waals surface area contributed by atoms with E-state index >= 15 is 0 Å². The maximum atomic E-state index is 10.8. The van der Waals surface area contributed by atoms with Gasteiger partial charge in [-0.15, -0.1) is 0 Å². The first-order valence-corrected chi connectivity index (χ1v) is 6.21. The molecule has 98 valence electrons. The summed E-state index contributed by atoms with van der Waals surface area (Å²) in [6.45, 7) is 7.49. The van der Waals surface area contributed by atoms with E-state index < -0.39 is 12.1 Å². The predicted octanol–water partition coefficient (Wildman–Crippen LogP) is 0.729. The highest BCUT2D eigenvalue weighted by atomic mass is 16.5. The molecule has 2 saturated heterocycles. The van der Waals surface area contributed by atoms with Gasteiger partial charge in [0.1, 0.15) is 0 Å². The molecule has 0 aromatic heterocycles. The van der Waals surface area contributed by atoms with E-state index in [-0.39, 0.29) is 11.7 Å². The van der Waals surface area contributed by atoms with Gasteiger partial charge < -0.3 is 14.6 Å². The molecule has 2 unspecified atom stereocenters. The highest BCUT2D eigenvalue weighted by Gasteiger charge is 2.34. The van der Waals surface area contributed by atoms with E-state index in [0.717, 1.165) is 32.7 Å². The van der Waals surface area contributed by atoms with Gasteiger partial charge in [0.05, 0.1) is 18.3 Å². The van der Waals surface area contributed by atoms with Crippen molar-refractivity contribution in [2.45, 2.75) is 44.5 Å². The van der Waals surface area contributed by atoms with Gasteiger partial charge >= 0.3 is 5.97 Å². The SMILES string of the molecule is CC1(C)CN(CC2CCC(C(=O)O)O2)CCO1. The maximum absolute atomic E-state index is 10.8. The van der Waals surface area contributed by atoms with Crippen LogP contribution in [0.2, 0.25) is 0 Å². The highest BCUT2D eigenvalue weighted by Crippen LogP contribution is 2.23. The molecule has 2 heterocycles. The summed E-state index contributed by atoms with van der Waals surface area (Å²) in [4.78, 5) is 13.1. The molecule has 2 aliphatic rings. The Hall–Kier alpha value is -0.650. The lowest BCUT2D eigenvalue weighted by atomic mass is 10.1. The molecular weight excluding hydrogens is 222 g/mol.